The van der Waals surface area contributed by atoms with Gasteiger partial charge in [-0.15, -0.1) is 23.1 Å². The maximum absolute atomic E-state index is 10.8. The van der Waals surface area contributed by atoms with Crippen molar-refractivity contribution in [3.05, 3.63) is 59.1 Å². The lowest BCUT2D eigenvalue weighted by Gasteiger charge is -1.99. The maximum atomic E-state index is 10.8. The molecular weight excluding hydrogens is 306 g/mol. The molecule has 0 spiro atoms. The van der Waals surface area contributed by atoms with Gasteiger partial charge in [-0.2, -0.15) is 0 Å². The van der Waals surface area contributed by atoms with Crippen molar-refractivity contribution in [1.29, 1.82) is 0 Å². The molecule has 1 aromatic carbocycles. The number of hydrogen-bond donors (Lipinski definition) is 1. The van der Waals surface area contributed by atoms with E-state index in [4.69, 9.17) is 9.63 Å². The summed E-state index contributed by atoms with van der Waals surface area (Å²) in [7, 11) is 0. The van der Waals surface area contributed by atoms with E-state index in [1.807, 2.05) is 23.6 Å². The number of carbonyl (C=O) groups is 1. The van der Waals surface area contributed by atoms with E-state index in [1.165, 1.54) is 0 Å². The van der Waals surface area contributed by atoms with Gasteiger partial charge in [0.15, 0.2) is 5.76 Å². The summed E-state index contributed by atoms with van der Waals surface area (Å²) in [6.07, 6.45) is 0. The van der Waals surface area contributed by atoms with Gasteiger partial charge in [-0.05, 0) is 35.7 Å². The summed E-state index contributed by atoms with van der Waals surface area (Å²) in [4.78, 5) is 12.8. The molecule has 0 aliphatic rings. The van der Waals surface area contributed by atoms with Gasteiger partial charge in [0.1, 0.15) is 0 Å². The lowest BCUT2D eigenvalue weighted by Crippen LogP contribution is -1.94. The van der Waals surface area contributed by atoms with Crippen molar-refractivity contribution in [1.82, 2.24) is 5.16 Å². The molecule has 1 N–H and O–H groups in total. The van der Waals surface area contributed by atoms with Crippen molar-refractivity contribution in [3.8, 4) is 10.6 Å². The van der Waals surface area contributed by atoms with Crippen molar-refractivity contribution in [2.24, 2.45) is 0 Å². The summed E-state index contributed by atoms with van der Waals surface area (Å²) in [5, 5.41) is 14.9. The summed E-state index contributed by atoms with van der Waals surface area (Å²) in [5.74, 6) is 0.548. The third-order valence-electron chi connectivity index (χ3n) is 2.81. The Kier molecular flexibility index (Phi) is 4.08. The van der Waals surface area contributed by atoms with E-state index in [0.717, 1.165) is 21.2 Å². The minimum absolute atomic E-state index is 0.292. The molecule has 4 nitrogen and oxygen atoms in total. The molecule has 3 rings (SSSR count). The fourth-order valence-electron chi connectivity index (χ4n) is 1.77. The Hall–Kier alpha value is -2.05. The zero-order chi connectivity index (χ0) is 14.7. The summed E-state index contributed by atoms with van der Waals surface area (Å²) < 4.78 is 5.32. The van der Waals surface area contributed by atoms with Crippen LogP contribution in [0.1, 0.15) is 16.1 Å². The highest BCUT2D eigenvalue weighted by molar-refractivity contribution is 7.98. The van der Waals surface area contributed by atoms with Crippen molar-refractivity contribution in [2.45, 2.75) is 10.6 Å². The molecule has 21 heavy (non-hydrogen) atoms. The minimum Gasteiger partial charge on any atom is -0.478 e. The molecular formula is C15H11NO3S2. The molecule has 0 aliphatic heterocycles. The molecule has 0 unspecified atom stereocenters. The molecule has 2 heterocycles. The first-order chi connectivity index (χ1) is 10.2. The molecule has 0 saturated heterocycles. The lowest BCUT2D eigenvalue weighted by molar-refractivity contribution is 0.0697. The number of carboxylic acids is 1. The van der Waals surface area contributed by atoms with Crippen molar-refractivity contribution >= 4 is 29.1 Å². The number of thioether (sulfide) groups is 1. The van der Waals surface area contributed by atoms with E-state index >= 15 is 0 Å². The van der Waals surface area contributed by atoms with Crippen LogP contribution in [-0.4, -0.2) is 16.2 Å². The maximum Gasteiger partial charge on any atom is 0.335 e. The fourth-order valence-corrected chi connectivity index (χ4v) is 3.22. The first kappa shape index (κ1) is 13.9. The zero-order valence-corrected chi connectivity index (χ0v) is 12.5. The van der Waals surface area contributed by atoms with Gasteiger partial charge in [0, 0.05) is 16.7 Å². The summed E-state index contributed by atoms with van der Waals surface area (Å²) in [5.41, 5.74) is 1.16. The van der Waals surface area contributed by atoms with Crippen LogP contribution in [-0.2, 0) is 5.75 Å². The first-order valence-electron chi connectivity index (χ1n) is 6.18. The van der Waals surface area contributed by atoms with Gasteiger partial charge < -0.3 is 9.63 Å². The highest BCUT2D eigenvalue weighted by Crippen LogP contribution is 2.28. The number of carboxylic acid groups (broad SMARTS) is 1. The van der Waals surface area contributed by atoms with Crippen LogP contribution in [0.2, 0.25) is 0 Å². The summed E-state index contributed by atoms with van der Waals surface area (Å²) in [6, 6.07) is 12.7. The third kappa shape index (κ3) is 3.34. The molecule has 0 bridgehead atoms. The van der Waals surface area contributed by atoms with Crippen LogP contribution in [0.5, 0.6) is 0 Å². The Morgan fingerprint density at radius 3 is 2.76 bits per heavy atom. The van der Waals surface area contributed by atoms with Crippen LogP contribution in [0.3, 0.4) is 0 Å². The van der Waals surface area contributed by atoms with Crippen LogP contribution in [0.25, 0.3) is 10.6 Å². The van der Waals surface area contributed by atoms with Crippen LogP contribution >= 0.6 is 23.1 Å². The number of nitrogens with zero attached hydrogens (tertiary/aromatic N) is 1. The van der Waals surface area contributed by atoms with Crippen LogP contribution in [0, 0.1) is 0 Å². The Morgan fingerprint density at radius 1 is 1.29 bits per heavy atom. The number of aromatic carboxylic acids is 1. The van der Waals surface area contributed by atoms with Gasteiger partial charge >= 0.3 is 5.97 Å². The second-order valence-electron chi connectivity index (χ2n) is 4.28. The number of benzene rings is 1. The molecule has 6 heteroatoms. The van der Waals surface area contributed by atoms with E-state index in [9.17, 15) is 4.79 Å². The van der Waals surface area contributed by atoms with Gasteiger partial charge in [-0.3, -0.25) is 0 Å². The van der Waals surface area contributed by atoms with E-state index in [1.54, 1.807) is 47.4 Å². The Bertz CT molecular complexity index is 733. The standard InChI is InChI=1S/C15H11NO3S2/c17-15(18)10-3-5-12(6-4-10)21-9-11-8-13(19-16-11)14-2-1-7-20-14/h1-8H,9H2,(H,17,18). The topological polar surface area (TPSA) is 63.3 Å². The highest BCUT2D eigenvalue weighted by Gasteiger charge is 2.08. The number of thiophene rings is 1. The molecule has 2 aromatic heterocycles. The Labute approximate surface area is 129 Å². The molecule has 0 radical (unpaired) electrons. The van der Waals surface area contributed by atoms with Crippen molar-refractivity contribution in [2.75, 3.05) is 0 Å². The van der Waals surface area contributed by atoms with Crippen molar-refractivity contribution < 1.29 is 14.4 Å². The quantitative estimate of drug-likeness (QED) is 0.707. The van der Waals surface area contributed by atoms with Crippen LogP contribution in [0.15, 0.2) is 57.3 Å². The molecule has 0 aliphatic carbocycles. The minimum atomic E-state index is -0.913. The van der Waals surface area contributed by atoms with E-state index in [0.29, 0.717) is 11.3 Å². The first-order valence-corrected chi connectivity index (χ1v) is 8.04. The largest absolute Gasteiger partial charge is 0.478 e. The summed E-state index contributed by atoms with van der Waals surface area (Å²) in [6.45, 7) is 0. The molecule has 106 valence electrons. The summed E-state index contributed by atoms with van der Waals surface area (Å²) >= 11 is 3.20. The van der Waals surface area contributed by atoms with Gasteiger partial charge in [0.25, 0.3) is 0 Å². The normalized spacial score (nSPS) is 10.7. The SMILES string of the molecule is O=C(O)c1ccc(SCc2cc(-c3cccs3)on2)cc1. The number of aromatic nitrogens is 1. The van der Waals surface area contributed by atoms with Crippen molar-refractivity contribution in [3.63, 3.8) is 0 Å². The smallest absolute Gasteiger partial charge is 0.335 e. The van der Waals surface area contributed by atoms with Crippen LogP contribution in [0.4, 0.5) is 0 Å². The lowest BCUT2D eigenvalue weighted by atomic mass is 10.2. The zero-order valence-electron chi connectivity index (χ0n) is 10.9. The van der Waals surface area contributed by atoms with E-state index in [2.05, 4.69) is 5.16 Å². The molecule has 3 aromatic rings. The molecule has 0 saturated carbocycles. The average molecular weight is 317 g/mol. The Balaban J connectivity index is 1.64. The second kappa shape index (κ2) is 6.15. The average Bonchev–Trinajstić information content (AvgIpc) is 3.16. The molecule has 0 atom stereocenters. The molecule has 0 amide bonds. The predicted octanol–water partition coefficient (Wildman–Crippen LogP) is 4.39. The van der Waals surface area contributed by atoms with Gasteiger partial charge in [0.2, 0.25) is 0 Å². The third-order valence-corrected chi connectivity index (χ3v) is 4.74. The fraction of sp³-hybridized carbons (Fsp3) is 0.0667. The highest BCUT2D eigenvalue weighted by atomic mass is 32.2. The van der Waals surface area contributed by atoms with Gasteiger partial charge in [-0.25, -0.2) is 4.79 Å². The number of hydrogen-bond acceptors (Lipinski definition) is 5. The predicted molar refractivity (Wildman–Crippen MR) is 82.8 cm³/mol. The second-order valence-corrected chi connectivity index (χ2v) is 6.27. The van der Waals surface area contributed by atoms with E-state index < -0.39 is 5.97 Å². The van der Waals surface area contributed by atoms with Crippen LogP contribution < -0.4 is 0 Å². The monoisotopic (exact) mass is 317 g/mol. The van der Waals surface area contributed by atoms with Gasteiger partial charge in [0.05, 0.1) is 16.1 Å². The Morgan fingerprint density at radius 2 is 2.10 bits per heavy atom. The van der Waals surface area contributed by atoms with Gasteiger partial charge in [-0.1, -0.05) is 11.2 Å². The molecule has 0 fully saturated rings. The van der Waals surface area contributed by atoms with E-state index in [-0.39, 0.29) is 0 Å². The number of rotatable bonds is 5.